The summed E-state index contributed by atoms with van der Waals surface area (Å²) in [4.78, 5) is 13.8. The van der Waals surface area contributed by atoms with Gasteiger partial charge in [0.25, 0.3) is 5.91 Å². The molecule has 2 nitrogen and oxygen atoms in total. The number of nitrogens with one attached hydrogen (secondary N) is 1. The van der Waals surface area contributed by atoms with Crippen LogP contribution in [0.1, 0.15) is 20.1 Å². The van der Waals surface area contributed by atoms with E-state index in [1.165, 1.54) is 11.3 Å². The number of amides is 1. The predicted octanol–water partition coefficient (Wildman–Crippen LogP) is 4.05. The number of aryl methyl sites for hydroxylation is 1. The maximum Gasteiger partial charge on any atom is 0.265 e. The first-order chi connectivity index (χ1) is 8.20. The molecule has 1 N–H and O–H groups in total. The minimum Gasteiger partial charge on any atom is -0.321 e. The maximum absolute atomic E-state index is 12.0. The molecule has 4 heteroatoms. The Balaban J connectivity index is 2.18. The number of hydrogen-bond acceptors (Lipinski definition) is 2. The smallest absolute Gasteiger partial charge is 0.265 e. The SMILES string of the molecule is Cc1ccc(C(=O)Nc2ccccc2CCl)s1. The van der Waals surface area contributed by atoms with E-state index in [9.17, 15) is 4.79 Å². The van der Waals surface area contributed by atoms with Gasteiger partial charge >= 0.3 is 0 Å². The topological polar surface area (TPSA) is 29.1 Å². The van der Waals surface area contributed by atoms with Gasteiger partial charge in [-0.2, -0.15) is 0 Å². The van der Waals surface area contributed by atoms with Crippen LogP contribution in [0, 0.1) is 6.92 Å². The Morgan fingerprint density at radius 2 is 2.06 bits per heavy atom. The highest BCUT2D eigenvalue weighted by Crippen LogP contribution is 2.20. The summed E-state index contributed by atoms with van der Waals surface area (Å²) in [5, 5.41) is 2.88. The van der Waals surface area contributed by atoms with E-state index in [4.69, 9.17) is 11.6 Å². The van der Waals surface area contributed by atoms with E-state index in [1.54, 1.807) is 0 Å². The van der Waals surface area contributed by atoms with Crippen LogP contribution in [0.3, 0.4) is 0 Å². The van der Waals surface area contributed by atoms with Crippen LogP contribution in [0.15, 0.2) is 36.4 Å². The van der Waals surface area contributed by atoms with Crippen LogP contribution in [0.4, 0.5) is 5.69 Å². The Bertz CT molecular complexity index is 536. The third-order valence-corrected chi connectivity index (χ3v) is 3.66. The molecule has 1 aromatic carbocycles. The molecule has 2 rings (SSSR count). The Morgan fingerprint density at radius 1 is 1.29 bits per heavy atom. The van der Waals surface area contributed by atoms with Gasteiger partial charge in [0.1, 0.15) is 0 Å². The van der Waals surface area contributed by atoms with Crippen molar-refractivity contribution in [3.63, 3.8) is 0 Å². The molecule has 0 radical (unpaired) electrons. The molecular weight excluding hydrogens is 254 g/mol. The van der Waals surface area contributed by atoms with Gasteiger partial charge in [-0.15, -0.1) is 22.9 Å². The molecule has 0 bridgehead atoms. The summed E-state index contributed by atoms with van der Waals surface area (Å²) in [7, 11) is 0. The Hall–Kier alpha value is -1.32. The van der Waals surface area contributed by atoms with E-state index < -0.39 is 0 Å². The number of anilines is 1. The molecule has 17 heavy (non-hydrogen) atoms. The van der Waals surface area contributed by atoms with Crippen molar-refractivity contribution in [2.75, 3.05) is 5.32 Å². The summed E-state index contributed by atoms with van der Waals surface area (Å²) in [5.74, 6) is 0.306. The van der Waals surface area contributed by atoms with Crippen molar-refractivity contribution < 1.29 is 4.79 Å². The van der Waals surface area contributed by atoms with Crippen molar-refractivity contribution in [3.8, 4) is 0 Å². The normalized spacial score (nSPS) is 10.2. The number of hydrogen-bond donors (Lipinski definition) is 1. The molecule has 0 aliphatic heterocycles. The number of alkyl halides is 1. The first kappa shape index (κ1) is 12.1. The van der Waals surface area contributed by atoms with Crippen LogP contribution in [-0.4, -0.2) is 5.91 Å². The zero-order valence-corrected chi connectivity index (χ0v) is 10.9. The Kier molecular flexibility index (Phi) is 3.82. The third kappa shape index (κ3) is 2.87. The van der Waals surface area contributed by atoms with Gasteiger partial charge in [0.2, 0.25) is 0 Å². The molecule has 0 atom stereocenters. The van der Waals surface area contributed by atoms with Crippen LogP contribution in [0.5, 0.6) is 0 Å². The number of benzene rings is 1. The highest BCUT2D eigenvalue weighted by molar-refractivity contribution is 7.14. The number of halogens is 1. The lowest BCUT2D eigenvalue weighted by Gasteiger charge is -2.07. The van der Waals surface area contributed by atoms with Crippen LogP contribution < -0.4 is 5.32 Å². The second kappa shape index (κ2) is 5.34. The van der Waals surface area contributed by atoms with Gasteiger partial charge < -0.3 is 5.32 Å². The lowest BCUT2D eigenvalue weighted by Crippen LogP contribution is -2.11. The van der Waals surface area contributed by atoms with Crippen LogP contribution in [0.2, 0.25) is 0 Å². The van der Waals surface area contributed by atoms with Crippen LogP contribution in [-0.2, 0) is 5.88 Å². The molecule has 0 spiro atoms. The van der Waals surface area contributed by atoms with Gasteiger partial charge in [-0.3, -0.25) is 4.79 Å². The van der Waals surface area contributed by atoms with Gasteiger partial charge in [-0.05, 0) is 30.7 Å². The van der Waals surface area contributed by atoms with Crippen molar-refractivity contribution in [3.05, 3.63) is 51.7 Å². The van der Waals surface area contributed by atoms with E-state index in [2.05, 4.69) is 5.32 Å². The lowest BCUT2D eigenvalue weighted by atomic mass is 10.2. The number of thiophene rings is 1. The van der Waals surface area contributed by atoms with Crippen LogP contribution in [0.25, 0.3) is 0 Å². The van der Waals surface area contributed by atoms with E-state index in [0.29, 0.717) is 10.8 Å². The summed E-state index contributed by atoms with van der Waals surface area (Å²) < 4.78 is 0. The molecule has 1 aromatic heterocycles. The summed E-state index contributed by atoms with van der Waals surface area (Å²) in [6, 6.07) is 11.3. The summed E-state index contributed by atoms with van der Waals surface area (Å²) in [6.45, 7) is 1.98. The molecule has 1 heterocycles. The second-order valence-corrected chi connectivity index (χ2v) is 5.21. The standard InChI is InChI=1S/C13H12ClNOS/c1-9-6-7-12(17-9)13(16)15-11-5-3-2-4-10(11)8-14/h2-7H,8H2,1H3,(H,15,16). The number of carbonyl (C=O) groups is 1. The monoisotopic (exact) mass is 265 g/mol. The van der Waals surface area contributed by atoms with Crippen LogP contribution >= 0.6 is 22.9 Å². The van der Waals surface area contributed by atoms with Crippen molar-refractivity contribution in [2.24, 2.45) is 0 Å². The van der Waals surface area contributed by atoms with Gasteiger partial charge in [0.05, 0.1) is 4.88 Å². The zero-order valence-electron chi connectivity index (χ0n) is 9.37. The van der Waals surface area contributed by atoms with E-state index in [0.717, 1.165) is 16.1 Å². The fourth-order valence-corrected chi connectivity index (χ4v) is 2.50. The number of carbonyl (C=O) groups excluding carboxylic acids is 1. The molecule has 0 unspecified atom stereocenters. The molecule has 0 aliphatic rings. The number of rotatable bonds is 3. The van der Waals surface area contributed by atoms with Crippen molar-refractivity contribution >= 4 is 34.5 Å². The second-order valence-electron chi connectivity index (χ2n) is 3.66. The van der Waals surface area contributed by atoms with Crippen molar-refractivity contribution in [1.29, 1.82) is 0 Å². The molecule has 0 aliphatic carbocycles. The molecule has 0 fully saturated rings. The number of para-hydroxylation sites is 1. The zero-order chi connectivity index (χ0) is 12.3. The molecular formula is C13H12ClNOS. The predicted molar refractivity (Wildman–Crippen MR) is 73.0 cm³/mol. The van der Waals surface area contributed by atoms with Crippen molar-refractivity contribution in [1.82, 2.24) is 0 Å². The minimum atomic E-state index is -0.0827. The highest BCUT2D eigenvalue weighted by atomic mass is 35.5. The molecule has 1 amide bonds. The molecule has 0 saturated carbocycles. The summed E-state index contributed by atoms with van der Waals surface area (Å²) in [5.41, 5.74) is 1.70. The fraction of sp³-hybridized carbons (Fsp3) is 0.154. The Labute approximate surface area is 109 Å². The molecule has 0 saturated heterocycles. The first-order valence-corrected chi connectivity index (χ1v) is 6.57. The van der Waals surface area contributed by atoms with E-state index >= 15 is 0 Å². The molecule has 88 valence electrons. The van der Waals surface area contributed by atoms with Gasteiger partial charge in [0, 0.05) is 16.4 Å². The van der Waals surface area contributed by atoms with Gasteiger partial charge in [0.15, 0.2) is 0 Å². The summed E-state index contributed by atoms with van der Waals surface area (Å²) in [6.07, 6.45) is 0. The minimum absolute atomic E-state index is 0.0827. The Morgan fingerprint density at radius 3 is 2.71 bits per heavy atom. The third-order valence-electron chi connectivity index (χ3n) is 2.37. The van der Waals surface area contributed by atoms with E-state index in [-0.39, 0.29) is 5.91 Å². The highest BCUT2D eigenvalue weighted by Gasteiger charge is 2.09. The average molecular weight is 266 g/mol. The summed E-state index contributed by atoms with van der Waals surface area (Å²) >= 11 is 7.30. The fourth-order valence-electron chi connectivity index (χ4n) is 1.50. The van der Waals surface area contributed by atoms with Crippen molar-refractivity contribution in [2.45, 2.75) is 12.8 Å². The lowest BCUT2D eigenvalue weighted by molar-refractivity contribution is 0.103. The molecule has 2 aromatic rings. The largest absolute Gasteiger partial charge is 0.321 e. The first-order valence-electron chi connectivity index (χ1n) is 5.22. The van der Waals surface area contributed by atoms with Gasteiger partial charge in [-0.25, -0.2) is 0 Å². The van der Waals surface area contributed by atoms with E-state index in [1.807, 2.05) is 43.3 Å². The maximum atomic E-state index is 12.0. The van der Waals surface area contributed by atoms with Gasteiger partial charge in [-0.1, -0.05) is 18.2 Å². The average Bonchev–Trinajstić information content (AvgIpc) is 2.77. The quantitative estimate of drug-likeness (QED) is 0.834.